The Morgan fingerprint density at radius 1 is 1.30 bits per heavy atom. The number of sulfonamides is 1. The van der Waals surface area contributed by atoms with E-state index in [1.54, 1.807) is 13.2 Å². The summed E-state index contributed by atoms with van der Waals surface area (Å²) in [7, 11) is -2.02. The lowest BCUT2D eigenvalue weighted by molar-refractivity contribution is -0.126. The molecule has 0 bridgehead atoms. The fourth-order valence-corrected chi connectivity index (χ4v) is 4.59. The second-order valence-corrected chi connectivity index (χ2v) is 8.39. The van der Waals surface area contributed by atoms with Crippen LogP contribution in [0.15, 0.2) is 53.7 Å². The number of amides is 1. The first-order chi connectivity index (χ1) is 13.0. The summed E-state index contributed by atoms with van der Waals surface area (Å²) in [4.78, 5) is 16.6. The van der Waals surface area contributed by atoms with Gasteiger partial charge in [0.2, 0.25) is 15.9 Å². The predicted octanol–water partition coefficient (Wildman–Crippen LogP) is 1.81. The molecule has 0 aliphatic carbocycles. The monoisotopic (exact) mass is 389 g/mol. The number of hydrogen-bond acceptors (Lipinski definition) is 5. The van der Waals surface area contributed by atoms with Crippen LogP contribution in [0.2, 0.25) is 0 Å². The number of hydrogen-bond donors (Lipinski definition) is 1. The molecule has 1 atom stereocenters. The van der Waals surface area contributed by atoms with Crippen molar-refractivity contribution in [2.24, 2.45) is 5.92 Å². The predicted molar refractivity (Wildman–Crippen MR) is 101 cm³/mol. The Morgan fingerprint density at radius 2 is 2.07 bits per heavy atom. The highest BCUT2D eigenvalue weighted by molar-refractivity contribution is 7.89. The molecule has 1 aromatic heterocycles. The van der Waals surface area contributed by atoms with Gasteiger partial charge in [0.05, 0.1) is 13.0 Å². The van der Waals surface area contributed by atoms with Gasteiger partial charge in [-0.15, -0.1) is 0 Å². The molecule has 2 heterocycles. The number of methoxy groups -OCH3 is 1. The second-order valence-electron chi connectivity index (χ2n) is 6.46. The smallest absolute Gasteiger partial charge is 0.244 e. The fraction of sp³-hybridized carbons (Fsp3) is 0.368. The largest absolute Gasteiger partial charge is 0.497 e. The highest BCUT2D eigenvalue weighted by atomic mass is 32.2. The normalized spacial score (nSPS) is 18.0. The maximum absolute atomic E-state index is 12.7. The molecular weight excluding hydrogens is 366 g/mol. The lowest BCUT2D eigenvalue weighted by Crippen LogP contribution is -2.45. The van der Waals surface area contributed by atoms with Crippen LogP contribution in [0.3, 0.4) is 0 Å². The lowest BCUT2D eigenvalue weighted by Gasteiger charge is -2.31. The molecule has 1 saturated heterocycles. The fourth-order valence-electron chi connectivity index (χ4n) is 3.10. The van der Waals surface area contributed by atoms with E-state index >= 15 is 0 Å². The topological polar surface area (TPSA) is 88.6 Å². The highest BCUT2D eigenvalue weighted by Crippen LogP contribution is 2.23. The number of nitrogens with zero attached hydrogens (tertiary/aromatic N) is 2. The average Bonchev–Trinajstić information content (AvgIpc) is 2.73. The summed E-state index contributed by atoms with van der Waals surface area (Å²) >= 11 is 0. The van der Waals surface area contributed by atoms with Crippen molar-refractivity contribution in [3.8, 4) is 5.75 Å². The molecule has 0 saturated carbocycles. The molecule has 1 aliphatic heterocycles. The minimum atomic E-state index is -3.63. The summed E-state index contributed by atoms with van der Waals surface area (Å²) in [5.41, 5.74) is 0.958. The summed E-state index contributed by atoms with van der Waals surface area (Å²) in [5, 5.41) is 2.90. The maximum Gasteiger partial charge on any atom is 0.244 e. The summed E-state index contributed by atoms with van der Waals surface area (Å²) in [6.07, 6.45) is 4.20. The SMILES string of the molecule is COc1ccc(CNC(=O)[C@@H]2CCCN(S(=O)(=O)c3cccnc3)C2)cc1. The first-order valence-corrected chi connectivity index (χ1v) is 10.3. The van der Waals surface area contributed by atoms with Crippen molar-refractivity contribution in [1.29, 1.82) is 0 Å². The maximum atomic E-state index is 12.7. The van der Waals surface area contributed by atoms with Crippen molar-refractivity contribution in [3.63, 3.8) is 0 Å². The van der Waals surface area contributed by atoms with E-state index in [-0.39, 0.29) is 23.3 Å². The molecule has 2 aromatic rings. The van der Waals surface area contributed by atoms with Crippen molar-refractivity contribution in [3.05, 3.63) is 54.4 Å². The van der Waals surface area contributed by atoms with Crippen molar-refractivity contribution in [1.82, 2.24) is 14.6 Å². The van der Waals surface area contributed by atoms with Crippen LogP contribution < -0.4 is 10.1 Å². The van der Waals surface area contributed by atoms with E-state index in [1.807, 2.05) is 24.3 Å². The van der Waals surface area contributed by atoms with Crippen LogP contribution in [0, 0.1) is 5.92 Å². The quantitative estimate of drug-likeness (QED) is 0.814. The first-order valence-electron chi connectivity index (χ1n) is 8.81. The number of benzene rings is 1. The molecule has 0 radical (unpaired) electrons. The Labute approximate surface area is 159 Å². The van der Waals surface area contributed by atoms with Gasteiger partial charge in [0, 0.05) is 32.0 Å². The van der Waals surface area contributed by atoms with Crippen molar-refractivity contribution in [2.75, 3.05) is 20.2 Å². The third-order valence-corrected chi connectivity index (χ3v) is 6.50. The third kappa shape index (κ3) is 4.64. The number of rotatable bonds is 6. The molecular formula is C19H23N3O4S. The van der Waals surface area contributed by atoms with Gasteiger partial charge in [-0.2, -0.15) is 4.31 Å². The molecule has 0 unspecified atom stereocenters. The standard InChI is InChI=1S/C19H23N3O4S/c1-26-17-8-6-15(7-9-17)12-21-19(23)16-4-3-11-22(14-16)27(24,25)18-5-2-10-20-13-18/h2,5-10,13,16H,3-4,11-12,14H2,1H3,(H,21,23)/t16-/m1/s1. The number of aromatic nitrogens is 1. The lowest BCUT2D eigenvalue weighted by atomic mass is 9.99. The van der Waals surface area contributed by atoms with E-state index in [0.29, 0.717) is 25.9 Å². The van der Waals surface area contributed by atoms with Gasteiger partial charge in [-0.05, 0) is 42.7 Å². The van der Waals surface area contributed by atoms with Gasteiger partial charge in [-0.1, -0.05) is 12.1 Å². The summed E-state index contributed by atoms with van der Waals surface area (Å²) in [6, 6.07) is 10.6. The molecule has 1 aromatic carbocycles. The van der Waals surface area contributed by atoms with Gasteiger partial charge in [0.15, 0.2) is 0 Å². The summed E-state index contributed by atoms with van der Waals surface area (Å²) in [6.45, 7) is 1.000. The van der Waals surface area contributed by atoms with E-state index < -0.39 is 10.0 Å². The number of piperidine rings is 1. The molecule has 1 fully saturated rings. The molecule has 3 rings (SSSR count). The van der Waals surface area contributed by atoms with Crippen LogP contribution in [0.1, 0.15) is 18.4 Å². The van der Waals surface area contributed by atoms with Gasteiger partial charge in [-0.25, -0.2) is 8.42 Å². The molecule has 1 amide bonds. The zero-order valence-electron chi connectivity index (χ0n) is 15.2. The van der Waals surface area contributed by atoms with E-state index in [9.17, 15) is 13.2 Å². The molecule has 7 nitrogen and oxygen atoms in total. The van der Waals surface area contributed by atoms with Crippen molar-refractivity contribution >= 4 is 15.9 Å². The molecule has 8 heteroatoms. The van der Waals surface area contributed by atoms with Crippen LogP contribution in [0.4, 0.5) is 0 Å². The number of nitrogens with one attached hydrogen (secondary N) is 1. The first kappa shape index (κ1) is 19.3. The van der Waals surface area contributed by atoms with E-state index in [1.165, 1.54) is 22.8 Å². The van der Waals surface area contributed by atoms with Crippen molar-refractivity contribution in [2.45, 2.75) is 24.3 Å². The summed E-state index contributed by atoms with van der Waals surface area (Å²) < 4.78 is 32.0. The Bertz CT molecular complexity index is 870. The van der Waals surface area contributed by atoms with E-state index in [2.05, 4.69) is 10.3 Å². The zero-order chi connectivity index (χ0) is 19.3. The van der Waals surface area contributed by atoms with Crippen LogP contribution in [0.25, 0.3) is 0 Å². The molecule has 144 valence electrons. The number of carbonyl (C=O) groups is 1. The molecule has 0 spiro atoms. The second kappa shape index (κ2) is 8.49. The molecule has 27 heavy (non-hydrogen) atoms. The third-order valence-electron chi connectivity index (χ3n) is 4.65. The minimum absolute atomic E-state index is 0.128. The Hall–Kier alpha value is -2.45. The Morgan fingerprint density at radius 3 is 2.74 bits per heavy atom. The Balaban J connectivity index is 1.60. The van der Waals surface area contributed by atoms with Gasteiger partial charge in [0.25, 0.3) is 0 Å². The Kier molecular flexibility index (Phi) is 6.08. The van der Waals surface area contributed by atoms with Crippen LogP contribution in [-0.2, 0) is 21.4 Å². The van der Waals surface area contributed by atoms with E-state index in [0.717, 1.165) is 11.3 Å². The number of ether oxygens (including phenoxy) is 1. The van der Waals surface area contributed by atoms with Gasteiger partial charge in [-0.3, -0.25) is 9.78 Å². The van der Waals surface area contributed by atoms with Crippen LogP contribution in [0.5, 0.6) is 5.75 Å². The average molecular weight is 389 g/mol. The van der Waals surface area contributed by atoms with Crippen LogP contribution in [-0.4, -0.2) is 43.8 Å². The highest BCUT2D eigenvalue weighted by Gasteiger charge is 2.33. The number of carbonyl (C=O) groups excluding carboxylic acids is 1. The van der Waals surface area contributed by atoms with Crippen molar-refractivity contribution < 1.29 is 17.9 Å². The number of pyridine rings is 1. The van der Waals surface area contributed by atoms with E-state index in [4.69, 9.17) is 4.74 Å². The molecule has 1 N–H and O–H groups in total. The molecule has 1 aliphatic rings. The summed E-state index contributed by atoms with van der Waals surface area (Å²) in [5.74, 6) is 0.272. The van der Waals surface area contributed by atoms with Gasteiger partial charge in [0.1, 0.15) is 10.6 Å². The van der Waals surface area contributed by atoms with Gasteiger partial charge >= 0.3 is 0 Å². The van der Waals surface area contributed by atoms with Gasteiger partial charge < -0.3 is 10.1 Å². The van der Waals surface area contributed by atoms with Crippen LogP contribution >= 0.6 is 0 Å². The zero-order valence-corrected chi connectivity index (χ0v) is 16.0. The minimum Gasteiger partial charge on any atom is -0.497 e.